The summed E-state index contributed by atoms with van der Waals surface area (Å²) in [5.74, 6) is 0.0233. The first-order valence-electron chi connectivity index (χ1n) is 6.66. The molecule has 1 atom stereocenters. The lowest BCUT2D eigenvalue weighted by Gasteiger charge is -2.15. The van der Waals surface area contributed by atoms with Gasteiger partial charge in [0, 0.05) is 10.6 Å². The molecule has 0 N–H and O–H groups in total. The maximum Gasteiger partial charge on any atom is 0.191 e. The van der Waals surface area contributed by atoms with Crippen molar-refractivity contribution < 1.29 is 9.53 Å². The third-order valence-corrected chi connectivity index (χ3v) is 3.30. The quantitative estimate of drug-likeness (QED) is 0.731. The van der Waals surface area contributed by atoms with E-state index < -0.39 is 6.10 Å². The molecule has 3 heteroatoms. The van der Waals surface area contributed by atoms with Crippen molar-refractivity contribution in [1.82, 2.24) is 0 Å². The molecule has 2 nitrogen and oxygen atoms in total. The smallest absolute Gasteiger partial charge is 0.191 e. The summed E-state index contributed by atoms with van der Waals surface area (Å²) in [6.45, 7) is 2.33. The molecular formula is C17H17ClO2. The van der Waals surface area contributed by atoms with Crippen LogP contribution >= 0.6 is 11.6 Å². The Kier molecular flexibility index (Phi) is 5.33. The van der Waals surface area contributed by atoms with Crippen molar-refractivity contribution in [3.63, 3.8) is 0 Å². The average molecular weight is 289 g/mol. The number of halogens is 1. The second-order valence-corrected chi connectivity index (χ2v) is 5.00. The van der Waals surface area contributed by atoms with Gasteiger partial charge in [-0.2, -0.15) is 0 Å². The molecule has 0 saturated carbocycles. The molecule has 0 radical (unpaired) electrons. The van der Waals surface area contributed by atoms with Gasteiger partial charge in [0.1, 0.15) is 6.10 Å². The van der Waals surface area contributed by atoms with Gasteiger partial charge >= 0.3 is 0 Å². The summed E-state index contributed by atoms with van der Waals surface area (Å²) >= 11 is 5.93. The monoisotopic (exact) mass is 288 g/mol. The zero-order chi connectivity index (χ0) is 14.4. The van der Waals surface area contributed by atoms with Gasteiger partial charge in [0.05, 0.1) is 6.61 Å². The van der Waals surface area contributed by atoms with Crippen LogP contribution in [0.4, 0.5) is 0 Å². The number of rotatable bonds is 6. The molecule has 2 rings (SSSR count). The number of benzene rings is 2. The van der Waals surface area contributed by atoms with Gasteiger partial charge in [-0.1, -0.05) is 61.0 Å². The summed E-state index contributed by atoms with van der Waals surface area (Å²) in [5, 5.41) is 0.675. The Hall–Kier alpha value is -1.64. The Balaban J connectivity index is 2.01. The largest absolute Gasteiger partial charge is 0.365 e. The van der Waals surface area contributed by atoms with E-state index in [0.717, 1.165) is 5.56 Å². The molecule has 2 aromatic rings. The van der Waals surface area contributed by atoms with E-state index in [9.17, 15) is 4.79 Å². The normalized spacial score (nSPS) is 12.1. The number of carbonyl (C=O) groups is 1. The van der Waals surface area contributed by atoms with E-state index >= 15 is 0 Å². The summed E-state index contributed by atoms with van der Waals surface area (Å²) in [7, 11) is 0. The van der Waals surface area contributed by atoms with Crippen LogP contribution < -0.4 is 0 Å². The second-order valence-electron chi connectivity index (χ2n) is 4.57. The molecule has 0 spiro atoms. The summed E-state index contributed by atoms with van der Waals surface area (Å²) in [6, 6.07) is 16.7. The first-order valence-corrected chi connectivity index (χ1v) is 7.04. The van der Waals surface area contributed by atoms with Crippen LogP contribution in [-0.2, 0) is 11.3 Å². The van der Waals surface area contributed by atoms with Crippen LogP contribution in [0.25, 0.3) is 0 Å². The van der Waals surface area contributed by atoms with E-state index in [1.54, 1.807) is 0 Å². The van der Waals surface area contributed by atoms with Gasteiger partial charge in [-0.25, -0.2) is 0 Å². The van der Waals surface area contributed by atoms with Gasteiger partial charge in [-0.05, 0) is 24.1 Å². The van der Waals surface area contributed by atoms with Crippen LogP contribution in [0.5, 0.6) is 0 Å². The fourth-order valence-electron chi connectivity index (χ4n) is 1.99. The SMILES string of the molecule is CCC(OCc1cccc(Cl)c1)C(=O)c1ccccc1. The zero-order valence-corrected chi connectivity index (χ0v) is 12.1. The fraction of sp³-hybridized carbons (Fsp3) is 0.235. The average Bonchev–Trinajstić information content (AvgIpc) is 2.48. The van der Waals surface area contributed by atoms with Crippen molar-refractivity contribution in [3.8, 4) is 0 Å². The first-order chi connectivity index (χ1) is 9.70. The molecule has 2 aromatic carbocycles. The molecule has 0 aromatic heterocycles. The van der Waals surface area contributed by atoms with Crippen LogP contribution in [0.3, 0.4) is 0 Å². The molecule has 20 heavy (non-hydrogen) atoms. The number of Topliss-reactive ketones (excluding diaryl/α,β-unsaturated/α-hetero) is 1. The van der Waals surface area contributed by atoms with E-state index in [1.807, 2.05) is 61.5 Å². The number of ketones is 1. The Morgan fingerprint density at radius 3 is 2.55 bits per heavy atom. The Labute approximate surface area is 124 Å². The Morgan fingerprint density at radius 1 is 1.15 bits per heavy atom. The van der Waals surface area contributed by atoms with Gasteiger partial charge in [0.15, 0.2) is 5.78 Å². The highest BCUT2D eigenvalue weighted by Crippen LogP contribution is 2.15. The standard InChI is InChI=1S/C17H17ClO2/c1-2-16(17(19)14-8-4-3-5-9-14)20-12-13-7-6-10-15(18)11-13/h3-11,16H,2,12H2,1H3. The molecule has 1 unspecified atom stereocenters. The molecular weight excluding hydrogens is 272 g/mol. The van der Waals surface area contributed by atoms with Crippen molar-refractivity contribution in [1.29, 1.82) is 0 Å². The van der Waals surface area contributed by atoms with Crippen LogP contribution in [0.15, 0.2) is 54.6 Å². The fourth-order valence-corrected chi connectivity index (χ4v) is 2.20. The Morgan fingerprint density at radius 2 is 1.90 bits per heavy atom. The Bertz CT molecular complexity index is 566. The number of hydrogen-bond acceptors (Lipinski definition) is 2. The highest BCUT2D eigenvalue weighted by atomic mass is 35.5. The third-order valence-electron chi connectivity index (χ3n) is 3.06. The minimum atomic E-state index is -0.420. The highest BCUT2D eigenvalue weighted by Gasteiger charge is 2.18. The zero-order valence-electron chi connectivity index (χ0n) is 11.4. The molecule has 0 heterocycles. The second kappa shape index (κ2) is 7.22. The van der Waals surface area contributed by atoms with Gasteiger partial charge < -0.3 is 4.74 Å². The predicted octanol–water partition coefficient (Wildman–Crippen LogP) is 4.52. The molecule has 0 bridgehead atoms. The minimum Gasteiger partial charge on any atom is -0.365 e. The maximum absolute atomic E-state index is 12.3. The first kappa shape index (κ1) is 14.8. The summed E-state index contributed by atoms with van der Waals surface area (Å²) in [6.07, 6.45) is 0.227. The molecule has 0 aliphatic rings. The van der Waals surface area contributed by atoms with Gasteiger partial charge in [-0.15, -0.1) is 0 Å². The van der Waals surface area contributed by atoms with E-state index in [2.05, 4.69) is 0 Å². The third kappa shape index (κ3) is 3.92. The van der Waals surface area contributed by atoms with Crippen molar-refractivity contribution in [2.24, 2.45) is 0 Å². The maximum atomic E-state index is 12.3. The van der Waals surface area contributed by atoms with Crippen molar-refractivity contribution >= 4 is 17.4 Å². The lowest BCUT2D eigenvalue weighted by atomic mass is 10.0. The number of carbonyl (C=O) groups excluding carboxylic acids is 1. The molecule has 104 valence electrons. The number of hydrogen-bond donors (Lipinski definition) is 0. The van der Waals surface area contributed by atoms with Crippen LogP contribution in [0, 0.1) is 0 Å². The van der Waals surface area contributed by atoms with Crippen LogP contribution in [0.1, 0.15) is 29.3 Å². The summed E-state index contributed by atoms with van der Waals surface area (Å²) < 4.78 is 5.74. The summed E-state index contributed by atoms with van der Waals surface area (Å²) in [5.41, 5.74) is 1.65. The lowest BCUT2D eigenvalue weighted by molar-refractivity contribution is 0.0326. The van der Waals surface area contributed by atoms with Crippen molar-refractivity contribution in [2.45, 2.75) is 26.1 Å². The molecule has 0 saturated heterocycles. The van der Waals surface area contributed by atoms with Gasteiger partial charge in [0.2, 0.25) is 0 Å². The molecule has 0 aliphatic heterocycles. The van der Waals surface area contributed by atoms with Crippen LogP contribution in [0.2, 0.25) is 5.02 Å². The van der Waals surface area contributed by atoms with E-state index in [0.29, 0.717) is 23.6 Å². The topological polar surface area (TPSA) is 26.3 Å². The van der Waals surface area contributed by atoms with Gasteiger partial charge in [-0.3, -0.25) is 4.79 Å². The minimum absolute atomic E-state index is 0.0233. The van der Waals surface area contributed by atoms with E-state index in [4.69, 9.17) is 16.3 Å². The van der Waals surface area contributed by atoms with Crippen molar-refractivity contribution in [2.75, 3.05) is 0 Å². The van der Waals surface area contributed by atoms with Crippen LogP contribution in [-0.4, -0.2) is 11.9 Å². The summed E-state index contributed by atoms with van der Waals surface area (Å²) in [4.78, 5) is 12.3. The molecule has 0 fully saturated rings. The molecule has 0 aliphatic carbocycles. The van der Waals surface area contributed by atoms with Crippen molar-refractivity contribution in [3.05, 3.63) is 70.7 Å². The number of ether oxygens (including phenoxy) is 1. The lowest BCUT2D eigenvalue weighted by Crippen LogP contribution is -2.23. The predicted molar refractivity (Wildman–Crippen MR) is 81.1 cm³/mol. The van der Waals surface area contributed by atoms with Gasteiger partial charge in [0.25, 0.3) is 0 Å². The van der Waals surface area contributed by atoms with E-state index in [1.165, 1.54) is 0 Å². The van der Waals surface area contributed by atoms with E-state index in [-0.39, 0.29) is 5.78 Å². The molecule has 0 amide bonds. The highest BCUT2D eigenvalue weighted by molar-refractivity contribution is 6.30.